The van der Waals surface area contributed by atoms with Crippen LogP contribution in [-0.2, 0) is 4.79 Å². The van der Waals surface area contributed by atoms with Gasteiger partial charge >= 0.3 is 0 Å². The lowest BCUT2D eigenvalue weighted by atomic mass is 9.81. The number of carbonyl (C=O) groups excluding carboxylic acids is 1. The van der Waals surface area contributed by atoms with Gasteiger partial charge in [0.15, 0.2) is 0 Å². The second-order valence-electron chi connectivity index (χ2n) is 4.47. The highest BCUT2D eigenvalue weighted by atomic mass is 32.1. The van der Waals surface area contributed by atoms with Gasteiger partial charge in [0, 0.05) is 6.54 Å². The van der Waals surface area contributed by atoms with Crippen LogP contribution in [-0.4, -0.2) is 17.4 Å². The van der Waals surface area contributed by atoms with Crippen molar-refractivity contribution >= 4 is 23.1 Å². The molecule has 0 spiro atoms. The molecule has 0 bridgehead atoms. The quantitative estimate of drug-likeness (QED) is 0.494. The van der Waals surface area contributed by atoms with Gasteiger partial charge in [-0.15, -0.1) is 0 Å². The lowest BCUT2D eigenvalue weighted by Gasteiger charge is -2.28. The minimum atomic E-state index is -0.653. The van der Waals surface area contributed by atoms with Crippen LogP contribution in [0.3, 0.4) is 0 Å². The van der Waals surface area contributed by atoms with E-state index in [4.69, 9.17) is 18.0 Å². The van der Waals surface area contributed by atoms with Crippen LogP contribution >= 0.6 is 12.2 Å². The van der Waals surface area contributed by atoms with Crippen LogP contribution in [0.25, 0.3) is 0 Å². The SMILES string of the molecule is CCCCCCNC(=O)C(CC)(CC)C(N)=S. The molecule has 0 aliphatic carbocycles. The predicted molar refractivity (Wildman–Crippen MR) is 77.0 cm³/mol. The van der Waals surface area contributed by atoms with E-state index in [9.17, 15) is 4.79 Å². The van der Waals surface area contributed by atoms with Crippen molar-refractivity contribution in [2.75, 3.05) is 6.54 Å². The van der Waals surface area contributed by atoms with Crippen molar-refractivity contribution in [1.82, 2.24) is 5.32 Å². The highest BCUT2D eigenvalue weighted by molar-refractivity contribution is 7.80. The number of hydrogen-bond donors (Lipinski definition) is 2. The van der Waals surface area contributed by atoms with Crippen molar-refractivity contribution in [3.63, 3.8) is 0 Å². The van der Waals surface area contributed by atoms with Crippen LogP contribution in [0, 0.1) is 5.41 Å². The first-order valence-corrected chi connectivity index (χ1v) is 7.04. The number of rotatable bonds is 9. The molecule has 0 unspecified atom stereocenters. The van der Waals surface area contributed by atoms with Gasteiger partial charge in [-0.3, -0.25) is 4.79 Å². The Morgan fingerprint density at radius 2 is 1.76 bits per heavy atom. The molecule has 1 amide bonds. The van der Waals surface area contributed by atoms with Crippen molar-refractivity contribution in [2.45, 2.75) is 59.3 Å². The molecule has 0 aliphatic rings. The first-order valence-electron chi connectivity index (χ1n) is 6.63. The molecule has 0 radical (unpaired) electrons. The van der Waals surface area contributed by atoms with Crippen molar-refractivity contribution < 1.29 is 4.79 Å². The fourth-order valence-corrected chi connectivity index (χ4v) is 2.34. The van der Waals surface area contributed by atoms with E-state index in [-0.39, 0.29) is 5.91 Å². The van der Waals surface area contributed by atoms with Crippen LogP contribution < -0.4 is 11.1 Å². The summed E-state index contributed by atoms with van der Waals surface area (Å²) < 4.78 is 0. The van der Waals surface area contributed by atoms with Gasteiger partial charge in [0.1, 0.15) is 0 Å². The van der Waals surface area contributed by atoms with Gasteiger partial charge in [-0.1, -0.05) is 52.3 Å². The molecule has 0 rings (SSSR count). The van der Waals surface area contributed by atoms with Crippen LogP contribution in [0.15, 0.2) is 0 Å². The van der Waals surface area contributed by atoms with Gasteiger partial charge in [-0.25, -0.2) is 0 Å². The van der Waals surface area contributed by atoms with E-state index in [1.165, 1.54) is 12.8 Å². The van der Waals surface area contributed by atoms with E-state index in [0.717, 1.165) is 19.4 Å². The molecule has 17 heavy (non-hydrogen) atoms. The number of amides is 1. The summed E-state index contributed by atoms with van der Waals surface area (Å²) >= 11 is 5.04. The smallest absolute Gasteiger partial charge is 0.233 e. The van der Waals surface area contributed by atoms with Crippen molar-refractivity contribution in [3.05, 3.63) is 0 Å². The third-order valence-corrected chi connectivity index (χ3v) is 3.82. The van der Waals surface area contributed by atoms with E-state index in [2.05, 4.69) is 12.2 Å². The maximum absolute atomic E-state index is 12.1. The standard InChI is InChI=1S/C13H26N2OS/c1-4-7-8-9-10-15-12(16)13(5-2,6-3)11(14)17/h4-10H2,1-3H3,(H2,14,17)(H,15,16). The van der Waals surface area contributed by atoms with E-state index in [0.29, 0.717) is 17.8 Å². The van der Waals surface area contributed by atoms with Crippen molar-refractivity contribution in [3.8, 4) is 0 Å². The van der Waals surface area contributed by atoms with Gasteiger partial charge < -0.3 is 11.1 Å². The molecular formula is C13H26N2OS. The van der Waals surface area contributed by atoms with Crippen molar-refractivity contribution in [2.24, 2.45) is 11.1 Å². The number of carbonyl (C=O) groups is 1. The average Bonchev–Trinajstić information content (AvgIpc) is 2.30. The number of unbranched alkanes of at least 4 members (excludes halogenated alkanes) is 3. The minimum absolute atomic E-state index is 0.00787. The number of nitrogens with one attached hydrogen (secondary N) is 1. The zero-order chi connectivity index (χ0) is 13.3. The summed E-state index contributed by atoms with van der Waals surface area (Å²) in [5.74, 6) is -0.00787. The predicted octanol–water partition coefficient (Wildman–Crippen LogP) is 2.78. The Morgan fingerprint density at radius 1 is 1.18 bits per heavy atom. The molecule has 0 atom stereocenters. The van der Waals surface area contributed by atoms with Gasteiger partial charge in [0.05, 0.1) is 10.4 Å². The monoisotopic (exact) mass is 258 g/mol. The molecule has 0 saturated heterocycles. The minimum Gasteiger partial charge on any atom is -0.392 e. The maximum Gasteiger partial charge on any atom is 0.233 e. The Labute approximate surface area is 111 Å². The normalized spacial score (nSPS) is 11.2. The Morgan fingerprint density at radius 3 is 2.18 bits per heavy atom. The molecule has 0 aliphatic heterocycles. The third kappa shape index (κ3) is 4.62. The Hall–Kier alpha value is -0.640. The second kappa shape index (κ2) is 8.45. The lowest BCUT2D eigenvalue weighted by molar-refractivity contribution is -0.127. The zero-order valence-corrected chi connectivity index (χ0v) is 12.2. The summed E-state index contributed by atoms with van der Waals surface area (Å²) in [6, 6.07) is 0. The Balaban J connectivity index is 4.21. The molecule has 0 heterocycles. The van der Waals surface area contributed by atoms with Crippen LogP contribution in [0.1, 0.15) is 59.3 Å². The van der Waals surface area contributed by atoms with E-state index >= 15 is 0 Å². The van der Waals surface area contributed by atoms with Gasteiger partial charge in [-0.2, -0.15) is 0 Å². The largest absolute Gasteiger partial charge is 0.392 e. The van der Waals surface area contributed by atoms with Gasteiger partial charge in [-0.05, 0) is 19.3 Å². The van der Waals surface area contributed by atoms with E-state index < -0.39 is 5.41 Å². The number of hydrogen-bond acceptors (Lipinski definition) is 2. The molecule has 0 aromatic rings. The van der Waals surface area contributed by atoms with E-state index in [1.54, 1.807) is 0 Å². The fourth-order valence-electron chi connectivity index (χ4n) is 1.95. The summed E-state index contributed by atoms with van der Waals surface area (Å²) in [7, 11) is 0. The van der Waals surface area contributed by atoms with Gasteiger partial charge in [0.25, 0.3) is 0 Å². The molecule has 0 aromatic carbocycles. The maximum atomic E-state index is 12.1. The molecule has 3 nitrogen and oxygen atoms in total. The molecule has 0 aromatic heterocycles. The summed E-state index contributed by atoms with van der Waals surface area (Å²) in [6.07, 6.45) is 5.95. The number of nitrogens with two attached hydrogens (primary N) is 1. The van der Waals surface area contributed by atoms with E-state index in [1.807, 2.05) is 13.8 Å². The highest BCUT2D eigenvalue weighted by Crippen LogP contribution is 2.27. The summed E-state index contributed by atoms with van der Waals surface area (Å²) in [5, 5.41) is 2.96. The first-order chi connectivity index (χ1) is 8.05. The molecule has 4 heteroatoms. The summed E-state index contributed by atoms with van der Waals surface area (Å²) in [4.78, 5) is 12.4. The lowest BCUT2D eigenvalue weighted by Crippen LogP contribution is -2.48. The summed E-state index contributed by atoms with van der Waals surface area (Å²) in [5.41, 5.74) is 5.06. The van der Waals surface area contributed by atoms with Gasteiger partial charge in [0.2, 0.25) is 5.91 Å². The first kappa shape index (κ1) is 16.4. The number of thiocarbonyl (C=S) groups is 1. The van der Waals surface area contributed by atoms with Crippen LogP contribution in [0.5, 0.6) is 0 Å². The third-order valence-electron chi connectivity index (χ3n) is 3.43. The molecule has 0 saturated carbocycles. The average molecular weight is 258 g/mol. The van der Waals surface area contributed by atoms with Crippen molar-refractivity contribution in [1.29, 1.82) is 0 Å². The Kier molecular flexibility index (Phi) is 8.13. The molecule has 0 fully saturated rings. The Bertz CT molecular complexity index is 250. The molecule has 3 N–H and O–H groups in total. The fraction of sp³-hybridized carbons (Fsp3) is 0.846. The molecular weight excluding hydrogens is 232 g/mol. The second-order valence-corrected chi connectivity index (χ2v) is 4.91. The molecule has 100 valence electrons. The zero-order valence-electron chi connectivity index (χ0n) is 11.3. The topological polar surface area (TPSA) is 55.1 Å². The highest BCUT2D eigenvalue weighted by Gasteiger charge is 2.37. The van der Waals surface area contributed by atoms with Crippen LogP contribution in [0.4, 0.5) is 0 Å². The van der Waals surface area contributed by atoms with Crippen LogP contribution in [0.2, 0.25) is 0 Å². The summed E-state index contributed by atoms with van der Waals surface area (Å²) in [6.45, 7) is 6.81.